The van der Waals surface area contributed by atoms with Crippen molar-refractivity contribution in [3.8, 4) is 11.4 Å². The Kier molecular flexibility index (Phi) is 6.23. The minimum atomic E-state index is -0.0881. The summed E-state index contributed by atoms with van der Waals surface area (Å²) in [7, 11) is 0. The molecule has 2 aromatic heterocycles. The monoisotopic (exact) mass is 429 g/mol. The molecule has 0 radical (unpaired) electrons. The van der Waals surface area contributed by atoms with Gasteiger partial charge in [-0.05, 0) is 30.5 Å². The van der Waals surface area contributed by atoms with Gasteiger partial charge in [0.25, 0.3) is 0 Å². The summed E-state index contributed by atoms with van der Waals surface area (Å²) in [5, 5.41) is 4.38. The van der Waals surface area contributed by atoms with Crippen LogP contribution in [0.15, 0.2) is 66.1 Å². The summed E-state index contributed by atoms with van der Waals surface area (Å²) in [5.41, 5.74) is 4.67. The van der Waals surface area contributed by atoms with Crippen LogP contribution in [-0.4, -0.2) is 31.6 Å². The molecule has 7 heteroatoms. The Hall–Kier alpha value is -3.32. The van der Waals surface area contributed by atoms with Gasteiger partial charge in [-0.15, -0.1) is 0 Å². The third kappa shape index (κ3) is 5.06. The van der Waals surface area contributed by atoms with Gasteiger partial charge in [0.05, 0.1) is 11.1 Å². The van der Waals surface area contributed by atoms with Crippen molar-refractivity contribution in [2.45, 2.75) is 31.7 Å². The van der Waals surface area contributed by atoms with Crippen molar-refractivity contribution in [1.82, 2.24) is 19.9 Å². The number of nitrogens with zero attached hydrogens (tertiary/aromatic N) is 4. The number of aryl methyl sites for hydroxylation is 1. The van der Waals surface area contributed by atoms with E-state index >= 15 is 0 Å². The first-order valence-corrected chi connectivity index (χ1v) is 11.1. The lowest BCUT2D eigenvalue weighted by molar-refractivity contribution is -0.113. The molecule has 1 N–H and O–H groups in total. The molecule has 2 heterocycles. The van der Waals surface area contributed by atoms with Crippen molar-refractivity contribution in [3.63, 3.8) is 0 Å². The van der Waals surface area contributed by atoms with Crippen LogP contribution in [0.3, 0.4) is 0 Å². The molecule has 0 fully saturated rings. The van der Waals surface area contributed by atoms with Crippen LogP contribution in [0.1, 0.15) is 30.9 Å². The molecular formula is C24H23N5OS. The Morgan fingerprint density at radius 2 is 1.87 bits per heavy atom. The van der Waals surface area contributed by atoms with Crippen molar-refractivity contribution in [3.05, 3.63) is 72.2 Å². The van der Waals surface area contributed by atoms with Crippen LogP contribution in [0.2, 0.25) is 0 Å². The van der Waals surface area contributed by atoms with Crippen LogP contribution in [0, 0.1) is 6.92 Å². The smallest absolute Gasteiger partial charge is 0.234 e. The summed E-state index contributed by atoms with van der Waals surface area (Å²) >= 11 is 1.35. The average molecular weight is 430 g/mol. The highest BCUT2D eigenvalue weighted by Crippen LogP contribution is 2.25. The van der Waals surface area contributed by atoms with Gasteiger partial charge in [-0.1, -0.05) is 67.6 Å². The maximum Gasteiger partial charge on any atom is 0.234 e. The molecule has 0 saturated carbocycles. The van der Waals surface area contributed by atoms with Gasteiger partial charge in [0, 0.05) is 17.4 Å². The topological polar surface area (TPSA) is 80.7 Å². The lowest BCUT2D eigenvalue weighted by Gasteiger charge is -2.10. The highest BCUT2D eigenvalue weighted by molar-refractivity contribution is 8.00. The molecule has 0 spiro atoms. The number of rotatable bonds is 6. The molecule has 0 unspecified atom stereocenters. The maximum absolute atomic E-state index is 12.5. The highest BCUT2D eigenvalue weighted by atomic mass is 32.2. The molecule has 0 atom stereocenters. The van der Waals surface area contributed by atoms with Crippen molar-refractivity contribution in [1.29, 1.82) is 0 Å². The van der Waals surface area contributed by atoms with E-state index in [4.69, 9.17) is 0 Å². The van der Waals surface area contributed by atoms with E-state index in [2.05, 4.69) is 45.2 Å². The second kappa shape index (κ2) is 9.22. The fourth-order valence-corrected chi connectivity index (χ4v) is 3.85. The minimum Gasteiger partial charge on any atom is -0.325 e. The van der Waals surface area contributed by atoms with E-state index in [9.17, 15) is 4.79 Å². The van der Waals surface area contributed by atoms with Crippen molar-refractivity contribution >= 4 is 34.4 Å². The Bertz CT molecular complexity index is 1220. The zero-order valence-corrected chi connectivity index (χ0v) is 18.5. The normalized spacial score (nSPS) is 11.1. The van der Waals surface area contributed by atoms with E-state index in [1.54, 1.807) is 6.20 Å². The number of thioether (sulfide) groups is 1. The van der Waals surface area contributed by atoms with Gasteiger partial charge in [0.15, 0.2) is 11.5 Å². The molecule has 4 aromatic rings. The predicted molar refractivity (Wildman–Crippen MR) is 125 cm³/mol. The molecular weight excluding hydrogens is 406 g/mol. The van der Waals surface area contributed by atoms with Gasteiger partial charge in [-0.2, -0.15) is 0 Å². The molecule has 156 valence electrons. The van der Waals surface area contributed by atoms with Crippen LogP contribution in [0.4, 0.5) is 5.69 Å². The maximum atomic E-state index is 12.5. The second-order valence-corrected chi connectivity index (χ2v) is 8.56. The largest absolute Gasteiger partial charge is 0.325 e. The zero-order chi connectivity index (χ0) is 21.8. The second-order valence-electron chi connectivity index (χ2n) is 7.59. The van der Waals surface area contributed by atoms with Crippen molar-refractivity contribution in [2.24, 2.45) is 0 Å². The summed E-state index contributed by atoms with van der Waals surface area (Å²) in [6, 6.07) is 16.0. The zero-order valence-electron chi connectivity index (χ0n) is 17.7. The van der Waals surface area contributed by atoms with Crippen molar-refractivity contribution in [2.75, 3.05) is 11.1 Å². The number of benzene rings is 2. The predicted octanol–water partition coefficient (Wildman–Crippen LogP) is 5.25. The lowest BCUT2D eigenvalue weighted by Crippen LogP contribution is -2.14. The Labute approximate surface area is 185 Å². The number of hydrogen-bond donors (Lipinski definition) is 1. The van der Waals surface area contributed by atoms with Crippen molar-refractivity contribution < 1.29 is 4.79 Å². The summed E-state index contributed by atoms with van der Waals surface area (Å²) in [6.07, 6.45) is 3.20. The summed E-state index contributed by atoms with van der Waals surface area (Å²) in [5.74, 6) is 1.17. The van der Waals surface area contributed by atoms with Crippen LogP contribution in [0.25, 0.3) is 22.4 Å². The molecule has 0 saturated heterocycles. The number of anilines is 1. The molecule has 0 aliphatic carbocycles. The van der Waals surface area contributed by atoms with E-state index in [1.807, 2.05) is 49.4 Å². The summed E-state index contributed by atoms with van der Waals surface area (Å²) in [6.45, 7) is 6.30. The molecule has 0 bridgehead atoms. The highest BCUT2D eigenvalue weighted by Gasteiger charge is 2.12. The first-order valence-electron chi connectivity index (χ1n) is 10.1. The Morgan fingerprint density at radius 3 is 2.65 bits per heavy atom. The van der Waals surface area contributed by atoms with Gasteiger partial charge in [0.2, 0.25) is 5.91 Å². The molecule has 2 aromatic carbocycles. The molecule has 6 nitrogen and oxygen atoms in total. The number of fused-ring (bicyclic) bond motifs is 1. The summed E-state index contributed by atoms with van der Waals surface area (Å²) in [4.78, 5) is 30.1. The van der Waals surface area contributed by atoms with E-state index in [0.717, 1.165) is 16.6 Å². The van der Waals surface area contributed by atoms with Crippen LogP contribution < -0.4 is 5.32 Å². The first-order chi connectivity index (χ1) is 15.0. The lowest BCUT2D eigenvalue weighted by atomic mass is 10.0. The van der Waals surface area contributed by atoms with E-state index in [-0.39, 0.29) is 11.7 Å². The van der Waals surface area contributed by atoms with Gasteiger partial charge in [-0.3, -0.25) is 4.79 Å². The number of nitrogens with one attached hydrogen (secondary N) is 1. The standard InChI is InChI=1S/C24H23N5OS/c1-15(2)18-5-4-6-19(11-18)28-21(30)13-31-24-20-12-25-22(29-23(20)26-14-27-24)17-9-7-16(3)8-10-17/h4-12,14-15H,13H2,1-3H3,(H,28,30). The Morgan fingerprint density at radius 1 is 1.06 bits per heavy atom. The van der Waals surface area contributed by atoms with Gasteiger partial charge in [0.1, 0.15) is 11.4 Å². The van der Waals surface area contributed by atoms with Crippen LogP contribution >= 0.6 is 11.8 Å². The number of amides is 1. The quantitative estimate of drug-likeness (QED) is 0.333. The van der Waals surface area contributed by atoms with E-state index < -0.39 is 0 Å². The number of aromatic nitrogens is 4. The van der Waals surface area contributed by atoms with Gasteiger partial charge in [-0.25, -0.2) is 19.9 Å². The minimum absolute atomic E-state index is 0.0881. The SMILES string of the molecule is Cc1ccc(-c2ncc3c(SCC(=O)Nc4cccc(C(C)C)c4)ncnc3n2)cc1. The van der Waals surface area contributed by atoms with Crippen LogP contribution in [0.5, 0.6) is 0 Å². The summed E-state index contributed by atoms with van der Waals surface area (Å²) < 4.78 is 0. The van der Waals surface area contributed by atoms with Gasteiger partial charge >= 0.3 is 0 Å². The fraction of sp³-hybridized carbons (Fsp3) is 0.208. The molecule has 1 amide bonds. The third-order valence-electron chi connectivity index (χ3n) is 4.84. The Balaban J connectivity index is 1.47. The number of carbonyl (C=O) groups is 1. The molecule has 0 aliphatic heterocycles. The number of hydrogen-bond acceptors (Lipinski definition) is 6. The van der Waals surface area contributed by atoms with Crippen LogP contribution in [-0.2, 0) is 4.79 Å². The third-order valence-corrected chi connectivity index (χ3v) is 5.85. The fourth-order valence-electron chi connectivity index (χ4n) is 3.09. The van der Waals surface area contributed by atoms with E-state index in [1.165, 1.54) is 29.2 Å². The molecule has 0 aliphatic rings. The average Bonchev–Trinajstić information content (AvgIpc) is 2.78. The molecule has 4 rings (SSSR count). The molecule has 31 heavy (non-hydrogen) atoms. The van der Waals surface area contributed by atoms with E-state index in [0.29, 0.717) is 22.4 Å². The van der Waals surface area contributed by atoms with Gasteiger partial charge < -0.3 is 5.32 Å². The number of carbonyl (C=O) groups excluding carboxylic acids is 1. The first kappa shape index (κ1) is 20.9.